The van der Waals surface area contributed by atoms with Gasteiger partial charge in [0.2, 0.25) is 0 Å². The first-order chi connectivity index (χ1) is 9.40. The van der Waals surface area contributed by atoms with Gasteiger partial charge in [0.1, 0.15) is 5.82 Å². The SMILES string of the molecule is CC(C)(C)c1ccc(C(CN)Nc2cccc(F)c2)s1. The van der Waals surface area contributed by atoms with Crippen molar-refractivity contribution in [1.29, 1.82) is 0 Å². The zero-order chi connectivity index (χ0) is 14.8. The van der Waals surface area contributed by atoms with Crippen molar-refractivity contribution in [1.82, 2.24) is 0 Å². The number of rotatable bonds is 4. The molecule has 4 heteroatoms. The topological polar surface area (TPSA) is 38.0 Å². The quantitative estimate of drug-likeness (QED) is 0.882. The molecular weight excluding hydrogens is 271 g/mol. The molecule has 108 valence electrons. The summed E-state index contributed by atoms with van der Waals surface area (Å²) in [5.74, 6) is -0.243. The van der Waals surface area contributed by atoms with Crippen LogP contribution in [0.1, 0.15) is 36.6 Å². The first-order valence-corrected chi connectivity index (χ1v) is 7.54. The van der Waals surface area contributed by atoms with Gasteiger partial charge in [0.05, 0.1) is 6.04 Å². The first kappa shape index (κ1) is 15.0. The van der Waals surface area contributed by atoms with Crippen LogP contribution in [-0.2, 0) is 5.41 Å². The van der Waals surface area contributed by atoms with Crippen molar-refractivity contribution in [3.8, 4) is 0 Å². The van der Waals surface area contributed by atoms with E-state index >= 15 is 0 Å². The van der Waals surface area contributed by atoms with Gasteiger partial charge in [-0.1, -0.05) is 26.8 Å². The van der Waals surface area contributed by atoms with E-state index in [1.54, 1.807) is 17.4 Å². The Morgan fingerprint density at radius 1 is 1.25 bits per heavy atom. The fourth-order valence-electron chi connectivity index (χ4n) is 1.97. The van der Waals surface area contributed by atoms with Crippen molar-refractivity contribution in [3.05, 3.63) is 52.0 Å². The van der Waals surface area contributed by atoms with Crippen LogP contribution >= 0.6 is 11.3 Å². The largest absolute Gasteiger partial charge is 0.376 e. The minimum Gasteiger partial charge on any atom is -0.376 e. The summed E-state index contributed by atoms with van der Waals surface area (Å²) in [6.45, 7) is 7.06. The Kier molecular flexibility index (Phi) is 4.45. The molecule has 0 aliphatic carbocycles. The van der Waals surface area contributed by atoms with Crippen LogP contribution in [0.15, 0.2) is 36.4 Å². The van der Waals surface area contributed by atoms with Crippen LogP contribution < -0.4 is 11.1 Å². The number of anilines is 1. The normalized spacial score (nSPS) is 13.2. The number of benzene rings is 1. The van der Waals surface area contributed by atoms with Crippen molar-refractivity contribution in [2.45, 2.75) is 32.2 Å². The number of thiophene rings is 1. The minimum absolute atomic E-state index is 0.0119. The maximum Gasteiger partial charge on any atom is 0.125 e. The highest BCUT2D eigenvalue weighted by atomic mass is 32.1. The van der Waals surface area contributed by atoms with Gasteiger partial charge >= 0.3 is 0 Å². The second-order valence-corrected chi connectivity index (χ2v) is 7.01. The van der Waals surface area contributed by atoms with Gasteiger partial charge in [-0.15, -0.1) is 11.3 Å². The molecule has 0 aliphatic rings. The van der Waals surface area contributed by atoms with E-state index < -0.39 is 0 Å². The summed E-state index contributed by atoms with van der Waals surface area (Å²) in [6, 6.07) is 10.7. The van der Waals surface area contributed by atoms with Crippen LogP contribution in [-0.4, -0.2) is 6.54 Å². The van der Waals surface area contributed by atoms with Gasteiger partial charge in [-0.25, -0.2) is 4.39 Å². The van der Waals surface area contributed by atoms with Crippen LogP contribution in [0.3, 0.4) is 0 Å². The number of hydrogen-bond donors (Lipinski definition) is 2. The molecule has 2 nitrogen and oxygen atoms in total. The predicted octanol–water partition coefficient (Wildman–Crippen LogP) is 4.30. The number of nitrogens with one attached hydrogen (secondary N) is 1. The number of hydrogen-bond acceptors (Lipinski definition) is 3. The van der Waals surface area contributed by atoms with Gasteiger partial charge in [-0.2, -0.15) is 0 Å². The molecule has 0 aliphatic heterocycles. The van der Waals surface area contributed by atoms with Crippen molar-refractivity contribution in [3.63, 3.8) is 0 Å². The lowest BCUT2D eigenvalue weighted by atomic mass is 9.95. The molecule has 1 aromatic heterocycles. The predicted molar refractivity (Wildman–Crippen MR) is 84.8 cm³/mol. The lowest BCUT2D eigenvalue weighted by Gasteiger charge is -2.18. The highest BCUT2D eigenvalue weighted by Crippen LogP contribution is 2.33. The van der Waals surface area contributed by atoms with E-state index in [0.717, 1.165) is 5.69 Å². The molecule has 0 saturated heterocycles. The maximum atomic E-state index is 13.2. The van der Waals surface area contributed by atoms with Crippen LogP contribution in [0.4, 0.5) is 10.1 Å². The third kappa shape index (κ3) is 3.58. The van der Waals surface area contributed by atoms with Crippen molar-refractivity contribution in [2.75, 3.05) is 11.9 Å². The highest BCUT2D eigenvalue weighted by molar-refractivity contribution is 7.12. The van der Waals surface area contributed by atoms with Crippen LogP contribution in [0.25, 0.3) is 0 Å². The molecule has 0 radical (unpaired) electrons. The molecule has 20 heavy (non-hydrogen) atoms. The molecule has 0 spiro atoms. The molecule has 2 aromatic rings. The molecule has 1 atom stereocenters. The molecular formula is C16H21FN2S. The standard InChI is InChI=1S/C16H21FN2S/c1-16(2,3)15-8-7-14(20-15)13(10-18)19-12-6-4-5-11(17)9-12/h4-9,13,19H,10,18H2,1-3H3. The minimum atomic E-state index is -0.243. The van der Waals surface area contributed by atoms with Crippen molar-refractivity contribution < 1.29 is 4.39 Å². The zero-order valence-electron chi connectivity index (χ0n) is 12.1. The molecule has 2 rings (SSSR count). The van der Waals surface area contributed by atoms with E-state index in [2.05, 4.69) is 38.2 Å². The van der Waals surface area contributed by atoms with Gasteiger partial charge < -0.3 is 11.1 Å². The third-order valence-corrected chi connectivity index (χ3v) is 4.74. The molecule has 1 unspecified atom stereocenters. The van der Waals surface area contributed by atoms with E-state index in [4.69, 9.17) is 5.73 Å². The van der Waals surface area contributed by atoms with Gasteiger partial charge in [0.25, 0.3) is 0 Å². The first-order valence-electron chi connectivity index (χ1n) is 6.72. The monoisotopic (exact) mass is 292 g/mol. The Morgan fingerprint density at radius 2 is 2.00 bits per heavy atom. The average molecular weight is 292 g/mol. The molecule has 1 heterocycles. The summed E-state index contributed by atoms with van der Waals surface area (Å²) >= 11 is 1.76. The van der Waals surface area contributed by atoms with Crippen LogP contribution in [0, 0.1) is 5.82 Å². The average Bonchev–Trinajstić information content (AvgIpc) is 2.85. The Hall–Kier alpha value is -1.39. The van der Waals surface area contributed by atoms with E-state index in [9.17, 15) is 4.39 Å². The van der Waals surface area contributed by atoms with Crippen LogP contribution in [0.2, 0.25) is 0 Å². The Balaban J connectivity index is 2.18. The van der Waals surface area contributed by atoms with Crippen molar-refractivity contribution >= 4 is 17.0 Å². The van der Waals surface area contributed by atoms with E-state index in [0.29, 0.717) is 6.54 Å². The molecule has 3 N–H and O–H groups in total. The lowest BCUT2D eigenvalue weighted by Crippen LogP contribution is -2.19. The molecule has 0 amide bonds. The van der Waals surface area contributed by atoms with Crippen LogP contribution in [0.5, 0.6) is 0 Å². The summed E-state index contributed by atoms with van der Waals surface area (Å²) < 4.78 is 13.2. The Bertz CT molecular complexity index is 572. The van der Waals surface area contributed by atoms with E-state index in [-0.39, 0.29) is 17.3 Å². The fraction of sp³-hybridized carbons (Fsp3) is 0.375. The summed E-state index contributed by atoms with van der Waals surface area (Å²) in [5.41, 5.74) is 6.75. The summed E-state index contributed by atoms with van der Waals surface area (Å²) in [6.07, 6.45) is 0. The Morgan fingerprint density at radius 3 is 2.55 bits per heavy atom. The second kappa shape index (κ2) is 5.94. The van der Waals surface area contributed by atoms with Crippen molar-refractivity contribution in [2.24, 2.45) is 5.73 Å². The van der Waals surface area contributed by atoms with Gasteiger partial charge in [-0.3, -0.25) is 0 Å². The Labute approximate surface area is 123 Å². The maximum absolute atomic E-state index is 13.2. The summed E-state index contributed by atoms with van der Waals surface area (Å²) in [4.78, 5) is 2.51. The molecule has 0 bridgehead atoms. The summed E-state index contributed by atoms with van der Waals surface area (Å²) in [5, 5.41) is 3.30. The second-order valence-electron chi connectivity index (χ2n) is 5.89. The lowest BCUT2D eigenvalue weighted by molar-refractivity contribution is 0.604. The van der Waals surface area contributed by atoms with Gasteiger partial charge in [0, 0.05) is 22.0 Å². The van der Waals surface area contributed by atoms with E-state index in [1.165, 1.54) is 21.9 Å². The zero-order valence-corrected chi connectivity index (χ0v) is 12.9. The summed E-state index contributed by atoms with van der Waals surface area (Å²) in [7, 11) is 0. The van der Waals surface area contributed by atoms with E-state index in [1.807, 2.05) is 6.07 Å². The van der Waals surface area contributed by atoms with Gasteiger partial charge in [0.15, 0.2) is 0 Å². The highest BCUT2D eigenvalue weighted by Gasteiger charge is 2.19. The fourth-order valence-corrected chi connectivity index (χ4v) is 3.10. The third-order valence-electron chi connectivity index (χ3n) is 3.11. The molecule has 1 aromatic carbocycles. The molecule has 0 saturated carbocycles. The number of halogens is 1. The number of nitrogens with two attached hydrogens (primary N) is 1. The smallest absolute Gasteiger partial charge is 0.125 e. The van der Waals surface area contributed by atoms with Gasteiger partial charge in [-0.05, 0) is 35.7 Å². The molecule has 0 fully saturated rings.